The third kappa shape index (κ3) is 1.61. The van der Waals surface area contributed by atoms with E-state index in [-0.39, 0.29) is 6.04 Å². The van der Waals surface area contributed by atoms with Gasteiger partial charge in [-0.05, 0) is 12.0 Å². The molecule has 0 bridgehead atoms. The molecule has 4 heteroatoms. The van der Waals surface area contributed by atoms with Crippen LogP contribution in [0.1, 0.15) is 25.7 Å². The van der Waals surface area contributed by atoms with Crippen LogP contribution in [-0.4, -0.2) is 14.5 Å². The monoisotopic (exact) mass is 204 g/mol. The summed E-state index contributed by atoms with van der Waals surface area (Å²) in [6, 6.07) is 1.93. The molecule has 15 heavy (non-hydrogen) atoms. The lowest BCUT2D eigenvalue weighted by Crippen LogP contribution is -2.20. The van der Waals surface area contributed by atoms with Gasteiger partial charge in [-0.3, -0.25) is 4.98 Å². The zero-order valence-electron chi connectivity index (χ0n) is 9.31. The summed E-state index contributed by atoms with van der Waals surface area (Å²) in [5.74, 6) is 1.31. The highest BCUT2D eigenvalue weighted by atomic mass is 15.1. The zero-order chi connectivity index (χ0) is 11.0. The lowest BCUT2D eigenvalue weighted by atomic mass is 10.1. The summed E-state index contributed by atoms with van der Waals surface area (Å²) in [5.41, 5.74) is 8.09. The van der Waals surface area contributed by atoms with Crippen molar-refractivity contribution in [3.05, 3.63) is 24.3 Å². The summed E-state index contributed by atoms with van der Waals surface area (Å²) in [6.07, 6.45) is 3.54. The molecule has 0 amide bonds. The minimum absolute atomic E-state index is 0.0256. The van der Waals surface area contributed by atoms with Crippen molar-refractivity contribution in [3.63, 3.8) is 0 Å². The van der Waals surface area contributed by atoms with Crippen LogP contribution in [-0.2, 0) is 7.05 Å². The second-order valence-electron chi connectivity index (χ2n) is 4.16. The minimum atomic E-state index is -0.0256. The van der Waals surface area contributed by atoms with Crippen LogP contribution in [0, 0.1) is 5.92 Å². The first-order valence-electron chi connectivity index (χ1n) is 5.13. The molecule has 0 radical (unpaired) electrons. The molecule has 2 aromatic heterocycles. The number of fused-ring (bicyclic) bond motifs is 1. The van der Waals surface area contributed by atoms with Gasteiger partial charge in [0.05, 0.1) is 17.8 Å². The number of pyridine rings is 1. The largest absolute Gasteiger partial charge is 0.330 e. The lowest BCUT2D eigenvalue weighted by molar-refractivity contribution is 0.480. The van der Waals surface area contributed by atoms with E-state index in [0.717, 1.165) is 16.9 Å². The maximum absolute atomic E-state index is 6.10. The Morgan fingerprint density at radius 3 is 2.73 bits per heavy atom. The predicted octanol–water partition coefficient (Wildman–Crippen LogP) is 1.62. The number of rotatable bonds is 2. The van der Waals surface area contributed by atoms with Gasteiger partial charge < -0.3 is 10.3 Å². The Kier molecular flexibility index (Phi) is 2.44. The molecule has 80 valence electrons. The molecule has 1 atom stereocenters. The number of nitrogens with two attached hydrogens (primary N) is 1. The molecule has 1 unspecified atom stereocenters. The molecule has 0 saturated heterocycles. The molecule has 0 fully saturated rings. The summed E-state index contributed by atoms with van der Waals surface area (Å²) in [5, 5.41) is 0. The predicted molar refractivity (Wildman–Crippen MR) is 60.3 cm³/mol. The number of aromatic nitrogens is 3. The molecule has 4 nitrogen and oxygen atoms in total. The summed E-state index contributed by atoms with van der Waals surface area (Å²) >= 11 is 0. The molecule has 0 aromatic carbocycles. The summed E-state index contributed by atoms with van der Waals surface area (Å²) in [6.45, 7) is 4.20. The Bertz CT molecular complexity index is 472. The zero-order valence-corrected chi connectivity index (χ0v) is 9.31. The summed E-state index contributed by atoms with van der Waals surface area (Å²) in [7, 11) is 1.99. The third-order valence-corrected chi connectivity index (χ3v) is 2.73. The van der Waals surface area contributed by atoms with Gasteiger partial charge in [-0.25, -0.2) is 4.98 Å². The van der Waals surface area contributed by atoms with Gasteiger partial charge in [-0.2, -0.15) is 0 Å². The van der Waals surface area contributed by atoms with Crippen molar-refractivity contribution < 1.29 is 0 Å². The van der Waals surface area contributed by atoms with Gasteiger partial charge in [0, 0.05) is 13.2 Å². The van der Waals surface area contributed by atoms with E-state index in [1.165, 1.54) is 0 Å². The van der Waals surface area contributed by atoms with Crippen LogP contribution in [0.3, 0.4) is 0 Å². The van der Waals surface area contributed by atoms with Crippen molar-refractivity contribution >= 4 is 11.0 Å². The van der Waals surface area contributed by atoms with Gasteiger partial charge >= 0.3 is 0 Å². The molecule has 0 aliphatic carbocycles. The fourth-order valence-corrected chi connectivity index (χ4v) is 1.67. The number of aryl methyl sites for hydroxylation is 1. The van der Waals surface area contributed by atoms with E-state index in [2.05, 4.69) is 23.8 Å². The molecule has 0 spiro atoms. The van der Waals surface area contributed by atoms with Crippen LogP contribution in [0.4, 0.5) is 0 Å². The number of hydrogen-bond donors (Lipinski definition) is 1. The van der Waals surface area contributed by atoms with Gasteiger partial charge in [0.1, 0.15) is 11.3 Å². The van der Waals surface area contributed by atoms with Gasteiger partial charge in [0.2, 0.25) is 0 Å². The normalized spacial score (nSPS) is 13.7. The van der Waals surface area contributed by atoms with Crippen LogP contribution >= 0.6 is 0 Å². The Labute approximate surface area is 89.1 Å². The standard InChI is InChI=1S/C11H16N4/c1-7(2)10(12)11-14-8-6-13-5-4-9(8)15(11)3/h4-7,10H,12H2,1-3H3. The van der Waals surface area contributed by atoms with Crippen LogP contribution in [0.15, 0.2) is 18.5 Å². The van der Waals surface area contributed by atoms with Crippen LogP contribution in [0.5, 0.6) is 0 Å². The second-order valence-corrected chi connectivity index (χ2v) is 4.16. The molecule has 2 rings (SSSR count). The van der Waals surface area contributed by atoms with E-state index in [9.17, 15) is 0 Å². The average molecular weight is 204 g/mol. The SMILES string of the molecule is CC(C)C(N)c1nc2cnccc2n1C. The smallest absolute Gasteiger partial charge is 0.126 e. The number of hydrogen-bond acceptors (Lipinski definition) is 3. The van der Waals surface area contributed by atoms with Crippen LogP contribution in [0.25, 0.3) is 11.0 Å². The molecule has 0 saturated carbocycles. The molecule has 2 aromatic rings. The molecular formula is C11H16N4. The molecule has 2 heterocycles. The van der Waals surface area contributed by atoms with Crippen LogP contribution in [0.2, 0.25) is 0 Å². The highest BCUT2D eigenvalue weighted by molar-refractivity contribution is 5.74. The van der Waals surface area contributed by atoms with Gasteiger partial charge in [0.15, 0.2) is 0 Å². The van der Waals surface area contributed by atoms with Crippen molar-refractivity contribution in [2.75, 3.05) is 0 Å². The number of nitrogens with zero attached hydrogens (tertiary/aromatic N) is 3. The summed E-state index contributed by atoms with van der Waals surface area (Å²) < 4.78 is 2.04. The third-order valence-electron chi connectivity index (χ3n) is 2.73. The Hall–Kier alpha value is -1.42. The maximum Gasteiger partial charge on any atom is 0.126 e. The van der Waals surface area contributed by atoms with Crippen molar-refractivity contribution in [3.8, 4) is 0 Å². The van der Waals surface area contributed by atoms with E-state index in [1.54, 1.807) is 12.4 Å². The quantitative estimate of drug-likeness (QED) is 0.808. The van der Waals surface area contributed by atoms with E-state index in [0.29, 0.717) is 5.92 Å². The van der Waals surface area contributed by atoms with E-state index < -0.39 is 0 Å². The molecule has 0 aliphatic rings. The van der Waals surface area contributed by atoms with E-state index in [1.807, 2.05) is 17.7 Å². The number of imidazole rings is 1. The summed E-state index contributed by atoms with van der Waals surface area (Å²) in [4.78, 5) is 8.56. The average Bonchev–Trinajstić information content (AvgIpc) is 2.56. The van der Waals surface area contributed by atoms with Gasteiger partial charge in [-0.1, -0.05) is 13.8 Å². The first-order chi connectivity index (χ1) is 7.11. The molecular weight excluding hydrogens is 188 g/mol. The first kappa shape index (κ1) is 10.1. The van der Waals surface area contributed by atoms with Gasteiger partial charge in [-0.15, -0.1) is 0 Å². The Morgan fingerprint density at radius 1 is 1.40 bits per heavy atom. The second kappa shape index (κ2) is 3.62. The Balaban J connectivity index is 2.58. The minimum Gasteiger partial charge on any atom is -0.330 e. The highest BCUT2D eigenvalue weighted by Crippen LogP contribution is 2.21. The Morgan fingerprint density at radius 2 is 2.13 bits per heavy atom. The van der Waals surface area contributed by atoms with Crippen molar-refractivity contribution in [2.24, 2.45) is 18.7 Å². The van der Waals surface area contributed by atoms with Crippen molar-refractivity contribution in [1.82, 2.24) is 14.5 Å². The fourth-order valence-electron chi connectivity index (χ4n) is 1.67. The molecule has 2 N–H and O–H groups in total. The lowest BCUT2D eigenvalue weighted by Gasteiger charge is -2.14. The van der Waals surface area contributed by atoms with E-state index in [4.69, 9.17) is 5.73 Å². The van der Waals surface area contributed by atoms with E-state index >= 15 is 0 Å². The van der Waals surface area contributed by atoms with Gasteiger partial charge in [0.25, 0.3) is 0 Å². The topological polar surface area (TPSA) is 56.7 Å². The first-order valence-corrected chi connectivity index (χ1v) is 5.13. The fraction of sp³-hybridized carbons (Fsp3) is 0.455. The highest BCUT2D eigenvalue weighted by Gasteiger charge is 2.17. The van der Waals surface area contributed by atoms with Crippen molar-refractivity contribution in [2.45, 2.75) is 19.9 Å². The maximum atomic E-state index is 6.10. The van der Waals surface area contributed by atoms with Crippen molar-refractivity contribution in [1.29, 1.82) is 0 Å². The molecule has 0 aliphatic heterocycles. The van der Waals surface area contributed by atoms with Crippen LogP contribution < -0.4 is 5.73 Å².